The Labute approximate surface area is 133 Å². The summed E-state index contributed by atoms with van der Waals surface area (Å²) in [5.41, 5.74) is 1.18. The van der Waals surface area contributed by atoms with Crippen molar-refractivity contribution in [3.05, 3.63) is 33.8 Å². The fourth-order valence-electron chi connectivity index (χ4n) is 3.21. The van der Waals surface area contributed by atoms with Gasteiger partial charge in [0.1, 0.15) is 0 Å². The topological polar surface area (TPSA) is 12.0 Å². The summed E-state index contributed by atoms with van der Waals surface area (Å²) in [6, 6.07) is 6.33. The van der Waals surface area contributed by atoms with Gasteiger partial charge in [0.2, 0.25) is 0 Å². The van der Waals surface area contributed by atoms with E-state index in [2.05, 4.69) is 12.2 Å². The zero-order valence-electron chi connectivity index (χ0n) is 12.3. The summed E-state index contributed by atoms with van der Waals surface area (Å²) in [6.45, 7) is 3.30. The van der Waals surface area contributed by atoms with Gasteiger partial charge in [-0.2, -0.15) is 0 Å². The summed E-state index contributed by atoms with van der Waals surface area (Å²) in [4.78, 5) is 0. The summed E-state index contributed by atoms with van der Waals surface area (Å²) < 4.78 is 0. The second kappa shape index (κ2) is 8.26. The molecule has 0 radical (unpaired) electrons. The van der Waals surface area contributed by atoms with Crippen LogP contribution in [0.1, 0.15) is 51.0 Å². The highest BCUT2D eigenvalue weighted by atomic mass is 35.5. The number of rotatable bonds is 6. The van der Waals surface area contributed by atoms with Crippen LogP contribution in [0.15, 0.2) is 18.2 Å². The molecule has 1 unspecified atom stereocenters. The SMILES string of the molecule is CCCNC(Cc1cc(Cl)ccc1Cl)C1CCCCC1. The molecule has 1 fully saturated rings. The van der Waals surface area contributed by atoms with E-state index in [9.17, 15) is 0 Å². The lowest BCUT2D eigenvalue weighted by molar-refractivity contribution is 0.267. The third-order valence-corrected chi connectivity index (χ3v) is 4.93. The van der Waals surface area contributed by atoms with Crippen molar-refractivity contribution in [2.75, 3.05) is 6.54 Å². The van der Waals surface area contributed by atoms with Crippen LogP contribution in [-0.2, 0) is 6.42 Å². The van der Waals surface area contributed by atoms with Crippen LogP contribution < -0.4 is 5.32 Å². The van der Waals surface area contributed by atoms with E-state index in [1.807, 2.05) is 18.2 Å². The Hall–Kier alpha value is -0.240. The van der Waals surface area contributed by atoms with Crippen LogP contribution in [-0.4, -0.2) is 12.6 Å². The van der Waals surface area contributed by atoms with Gasteiger partial charge in [-0.05, 0) is 61.9 Å². The number of benzene rings is 1. The average molecular weight is 314 g/mol. The molecular weight excluding hydrogens is 289 g/mol. The third kappa shape index (κ3) is 4.65. The number of nitrogens with one attached hydrogen (secondary N) is 1. The Kier molecular flexibility index (Phi) is 6.67. The van der Waals surface area contributed by atoms with Crippen LogP contribution in [0.3, 0.4) is 0 Å². The normalized spacial score (nSPS) is 18.1. The molecule has 1 nitrogen and oxygen atoms in total. The van der Waals surface area contributed by atoms with Crippen LogP contribution in [0.5, 0.6) is 0 Å². The molecule has 0 amide bonds. The molecule has 0 spiro atoms. The average Bonchev–Trinajstić information content (AvgIpc) is 2.48. The van der Waals surface area contributed by atoms with Crippen molar-refractivity contribution < 1.29 is 0 Å². The van der Waals surface area contributed by atoms with Gasteiger partial charge in [0, 0.05) is 16.1 Å². The molecule has 1 aromatic carbocycles. The van der Waals surface area contributed by atoms with E-state index in [0.717, 1.165) is 28.9 Å². The van der Waals surface area contributed by atoms with Crippen LogP contribution in [0.25, 0.3) is 0 Å². The number of hydrogen-bond acceptors (Lipinski definition) is 1. The highest BCUT2D eigenvalue weighted by molar-refractivity contribution is 6.33. The molecule has 1 saturated carbocycles. The quantitative estimate of drug-likeness (QED) is 0.732. The summed E-state index contributed by atoms with van der Waals surface area (Å²) in [5, 5.41) is 5.35. The van der Waals surface area contributed by atoms with E-state index in [-0.39, 0.29) is 0 Å². The molecule has 0 heterocycles. The Morgan fingerprint density at radius 2 is 1.95 bits per heavy atom. The molecule has 3 heteroatoms. The molecule has 1 N–H and O–H groups in total. The zero-order chi connectivity index (χ0) is 14.4. The third-order valence-electron chi connectivity index (χ3n) is 4.32. The van der Waals surface area contributed by atoms with Gasteiger partial charge in [0.05, 0.1) is 0 Å². The number of halogens is 2. The van der Waals surface area contributed by atoms with Crippen molar-refractivity contribution in [1.82, 2.24) is 5.32 Å². The van der Waals surface area contributed by atoms with E-state index in [0.29, 0.717) is 6.04 Å². The first-order chi connectivity index (χ1) is 9.70. The monoisotopic (exact) mass is 313 g/mol. The second-order valence-corrected chi connectivity index (χ2v) is 6.74. The summed E-state index contributed by atoms with van der Waals surface area (Å²) in [5.74, 6) is 0.783. The van der Waals surface area contributed by atoms with Gasteiger partial charge in [-0.3, -0.25) is 0 Å². The first-order valence-corrected chi connectivity index (χ1v) is 8.63. The second-order valence-electron chi connectivity index (χ2n) is 5.90. The first-order valence-electron chi connectivity index (χ1n) is 7.88. The minimum Gasteiger partial charge on any atom is -0.313 e. The number of hydrogen-bond donors (Lipinski definition) is 1. The predicted octanol–water partition coefficient (Wildman–Crippen LogP) is 5.48. The molecule has 2 rings (SSSR count). The van der Waals surface area contributed by atoms with Crippen molar-refractivity contribution in [2.45, 2.75) is 57.9 Å². The van der Waals surface area contributed by atoms with Crippen LogP contribution in [0, 0.1) is 5.92 Å². The van der Waals surface area contributed by atoms with Gasteiger partial charge in [-0.1, -0.05) is 49.4 Å². The van der Waals surface area contributed by atoms with E-state index in [1.54, 1.807) is 0 Å². The van der Waals surface area contributed by atoms with Crippen molar-refractivity contribution in [2.24, 2.45) is 5.92 Å². The highest BCUT2D eigenvalue weighted by Gasteiger charge is 2.24. The fourth-order valence-corrected chi connectivity index (χ4v) is 3.60. The van der Waals surface area contributed by atoms with E-state index in [4.69, 9.17) is 23.2 Å². The van der Waals surface area contributed by atoms with Crippen LogP contribution in [0.2, 0.25) is 10.0 Å². The van der Waals surface area contributed by atoms with E-state index < -0.39 is 0 Å². The Balaban J connectivity index is 2.07. The lowest BCUT2D eigenvalue weighted by Crippen LogP contribution is -2.39. The van der Waals surface area contributed by atoms with Gasteiger partial charge >= 0.3 is 0 Å². The van der Waals surface area contributed by atoms with Crippen molar-refractivity contribution >= 4 is 23.2 Å². The lowest BCUT2D eigenvalue weighted by atomic mass is 9.81. The molecule has 0 aromatic heterocycles. The van der Waals surface area contributed by atoms with E-state index >= 15 is 0 Å². The molecule has 20 heavy (non-hydrogen) atoms. The lowest BCUT2D eigenvalue weighted by Gasteiger charge is -2.31. The molecule has 0 bridgehead atoms. The molecule has 1 atom stereocenters. The fraction of sp³-hybridized carbons (Fsp3) is 0.647. The Morgan fingerprint density at radius 3 is 2.65 bits per heavy atom. The molecule has 1 aliphatic carbocycles. The van der Waals surface area contributed by atoms with E-state index in [1.165, 1.54) is 44.1 Å². The van der Waals surface area contributed by atoms with Gasteiger partial charge in [0.25, 0.3) is 0 Å². The maximum atomic E-state index is 6.33. The van der Waals surface area contributed by atoms with Gasteiger partial charge in [0.15, 0.2) is 0 Å². The largest absolute Gasteiger partial charge is 0.313 e. The summed E-state index contributed by atoms with van der Waals surface area (Å²) in [6.07, 6.45) is 9.00. The van der Waals surface area contributed by atoms with Crippen molar-refractivity contribution in [3.8, 4) is 0 Å². The molecule has 1 aliphatic rings. The Bertz CT molecular complexity index is 413. The zero-order valence-corrected chi connectivity index (χ0v) is 13.8. The minimum atomic E-state index is 0.534. The standard InChI is InChI=1S/C17H25Cl2N/c1-2-10-20-17(13-6-4-3-5-7-13)12-14-11-15(18)8-9-16(14)19/h8-9,11,13,17,20H,2-7,10,12H2,1H3. The maximum Gasteiger partial charge on any atom is 0.0439 e. The highest BCUT2D eigenvalue weighted by Crippen LogP contribution is 2.30. The van der Waals surface area contributed by atoms with Crippen LogP contribution in [0.4, 0.5) is 0 Å². The molecule has 0 aliphatic heterocycles. The van der Waals surface area contributed by atoms with Gasteiger partial charge < -0.3 is 5.32 Å². The summed E-state index contributed by atoms with van der Waals surface area (Å²) in [7, 11) is 0. The van der Waals surface area contributed by atoms with Crippen LogP contribution >= 0.6 is 23.2 Å². The minimum absolute atomic E-state index is 0.534. The molecular formula is C17H25Cl2N. The molecule has 0 saturated heterocycles. The van der Waals surface area contributed by atoms with Crippen molar-refractivity contribution in [3.63, 3.8) is 0 Å². The maximum absolute atomic E-state index is 6.33. The molecule has 1 aromatic rings. The predicted molar refractivity (Wildman–Crippen MR) is 88.8 cm³/mol. The molecule has 112 valence electrons. The summed E-state index contributed by atoms with van der Waals surface area (Å²) >= 11 is 12.4. The van der Waals surface area contributed by atoms with Crippen molar-refractivity contribution in [1.29, 1.82) is 0 Å². The van der Waals surface area contributed by atoms with Gasteiger partial charge in [-0.15, -0.1) is 0 Å². The Morgan fingerprint density at radius 1 is 1.20 bits per heavy atom. The first kappa shape index (κ1) is 16.1. The smallest absolute Gasteiger partial charge is 0.0439 e. The van der Waals surface area contributed by atoms with Gasteiger partial charge in [-0.25, -0.2) is 0 Å².